The summed E-state index contributed by atoms with van der Waals surface area (Å²) in [4.78, 5) is 0. The molecule has 4 nitrogen and oxygen atoms in total. The summed E-state index contributed by atoms with van der Waals surface area (Å²) in [6, 6.07) is 0. The zero-order valence-corrected chi connectivity index (χ0v) is 10.7. The molecule has 90 valence electrons. The largest absolute Gasteiger partial charge is 0.382 e. The van der Waals surface area contributed by atoms with Gasteiger partial charge in [0, 0.05) is 21.3 Å². The van der Waals surface area contributed by atoms with Crippen LogP contribution in [0.3, 0.4) is 0 Å². The van der Waals surface area contributed by atoms with Crippen molar-refractivity contribution in [3.05, 3.63) is 0 Å². The average molecular weight is 209 g/mol. The van der Waals surface area contributed by atoms with Gasteiger partial charge >= 0.3 is 0 Å². The number of rotatable bonds is 5. The molecule has 0 spiro atoms. The molecule has 0 aliphatic carbocycles. The molecule has 0 atom stereocenters. The van der Waals surface area contributed by atoms with Gasteiger partial charge in [0.25, 0.3) is 0 Å². The Balaban J connectivity index is -0.000000205. The first-order valence-electron chi connectivity index (χ1n) is 4.85. The fraction of sp³-hybridized carbons (Fsp3) is 1.00. The van der Waals surface area contributed by atoms with Gasteiger partial charge in [-0.2, -0.15) is 0 Å². The minimum atomic E-state index is 0.0694. The zero-order valence-electron chi connectivity index (χ0n) is 10.7. The number of hydrogen-bond donors (Lipinski definition) is 1. The van der Waals surface area contributed by atoms with Crippen molar-refractivity contribution in [2.24, 2.45) is 0 Å². The van der Waals surface area contributed by atoms with E-state index in [1.54, 1.807) is 21.3 Å². The lowest BCUT2D eigenvalue weighted by atomic mass is 10.4. The molecule has 0 rings (SSSR count). The number of nitrogens with one attached hydrogen (secondary N) is 1. The molecule has 0 aromatic carbocycles. The molecule has 0 unspecified atom stereocenters. The van der Waals surface area contributed by atoms with Crippen LogP contribution in [0.1, 0.15) is 13.8 Å². The van der Waals surface area contributed by atoms with Gasteiger partial charge in [-0.25, -0.2) is 0 Å². The Hall–Kier alpha value is -0.160. The second kappa shape index (κ2) is 23.0. The molecule has 4 heteroatoms. The maximum absolute atomic E-state index is 4.98. The van der Waals surface area contributed by atoms with E-state index >= 15 is 0 Å². The summed E-state index contributed by atoms with van der Waals surface area (Å²) < 4.78 is 14.7. The highest BCUT2D eigenvalue weighted by Gasteiger charge is 2.03. The van der Waals surface area contributed by atoms with Gasteiger partial charge in [0.15, 0.2) is 0 Å². The van der Waals surface area contributed by atoms with Crippen LogP contribution in [0, 0.1) is 0 Å². The Morgan fingerprint density at radius 1 is 0.929 bits per heavy atom. The van der Waals surface area contributed by atoms with E-state index < -0.39 is 0 Å². The first-order valence-corrected chi connectivity index (χ1v) is 4.85. The molecule has 0 heterocycles. The van der Waals surface area contributed by atoms with Crippen molar-refractivity contribution >= 4 is 0 Å². The minimum Gasteiger partial charge on any atom is -0.382 e. The zero-order chi connectivity index (χ0) is 11.8. The molecule has 14 heavy (non-hydrogen) atoms. The van der Waals surface area contributed by atoms with Crippen LogP contribution < -0.4 is 5.32 Å². The molecule has 0 aromatic rings. The fourth-order valence-electron chi connectivity index (χ4n) is 0.556. The maximum Gasteiger partial charge on any atom is 0.104 e. The Kier molecular flexibility index (Phi) is 31.9. The Morgan fingerprint density at radius 3 is 1.36 bits per heavy atom. The molecule has 0 aliphatic heterocycles. The molecule has 0 saturated heterocycles. The van der Waals surface area contributed by atoms with E-state index in [-0.39, 0.29) is 6.10 Å². The number of hydrogen-bond acceptors (Lipinski definition) is 4. The van der Waals surface area contributed by atoms with E-state index in [4.69, 9.17) is 14.2 Å². The normalized spacial score (nSPS) is 8.57. The van der Waals surface area contributed by atoms with Crippen molar-refractivity contribution < 1.29 is 14.2 Å². The van der Waals surface area contributed by atoms with Crippen LogP contribution >= 0.6 is 0 Å². The molecule has 0 saturated carbocycles. The second-order valence-corrected chi connectivity index (χ2v) is 2.27. The SMILES string of the molecule is CC.CNC.COCC(COC)OC. The molecule has 0 radical (unpaired) electrons. The molecule has 0 bridgehead atoms. The van der Waals surface area contributed by atoms with Crippen molar-refractivity contribution in [1.82, 2.24) is 5.32 Å². The van der Waals surface area contributed by atoms with Gasteiger partial charge < -0.3 is 19.5 Å². The molecule has 0 aromatic heterocycles. The monoisotopic (exact) mass is 209 g/mol. The van der Waals surface area contributed by atoms with Crippen LogP contribution in [0.4, 0.5) is 0 Å². The summed E-state index contributed by atoms with van der Waals surface area (Å²) in [6.07, 6.45) is 0.0694. The first-order chi connectivity index (χ1) is 6.76. The Bertz CT molecular complexity index is 66.4. The highest BCUT2D eigenvalue weighted by Crippen LogP contribution is 1.89. The van der Waals surface area contributed by atoms with Gasteiger partial charge in [-0.05, 0) is 14.1 Å². The van der Waals surface area contributed by atoms with E-state index in [1.807, 2.05) is 27.9 Å². The van der Waals surface area contributed by atoms with Crippen LogP contribution in [0.25, 0.3) is 0 Å². The second-order valence-electron chi connectivity index (χ2n) is 2.27. The van der Waals surface area contributed by atoms with Crippen molar-refractivity contribution in [3.8, 4) is 0 Å². The molecule has 1 N–H and O–H groups in total. The van der Waals surface area contributed by atoms with E-state index in [2.05, 4.69) is 5.32 Å². The third-order valence-corrected chi connectivity index (χ3v) is 1.04. The van der Waals surface area contributed by atoms with Gasteiger partial charge in [-0.15, -0.1) is 0 Å². The number of methoxy groups -OCH3 is 3. The summed E-state index contributed by atoms with van der Waals surface area (Å²) >= 11 is 0. The van der Waals surface area contributed by atoms with Crippen LogP contribution in [-0.4, -0.2) is 54.7 Å². The third kappa shape index (κ3) is 22.6. The lowest BCUT2D eigenvalue weighted by Crippen LogP contribution is -2.22. The third-order valence-electron chi connectivity index (χ3n) is 1.04. The van der Waals surface area contributed by atoms with E-state index in [1.165, 1.54) is 0 Å². The van der Waals surface area contributed by atoms with E-state index in [9.17, 15) is 0 Å². The Labute approximate surface area is 88.9 Å². The smallest absolute Gasteiger partial charge is 0.104 e. The summed E-state index contributed by atoms with van der Waals surface area (Å²) in [5, 5.41) is 2.75. The van der Waals surface area contributed by atoms with Gasteiger partial charge in [0.05, 0.1) is 13.2 Å². The summed E-state index contributed by atoms with van der Waals surface area (Å²) in [7, 11) is 8.67. The highest BCUT2D eigenvalue weighted by atomic mass is 16.5. The summed E-state index contributed by atoms with van der Waals surface area (Å²) in [6.45, 7) is 5.18. The van der Waals surface area contributed by atoms with Gasteiger partial charge in [0.1, 0.15) is 6.10 Å². The summed E-state index contributed by atoms with van der Waals surface area (Å²) in [5.74, 6) is 0. The summed E-state index contributed by atoms with van der Waals surface area (Å²) in [5.41, 5.74) is 0. The van der Waals surface area contributed by atoms with Gasteiger partial charge in [-0.1, -0.05) is 13.8 Å². The maximum atomic E-state index is 4.98. The van der Waals surface area contributed by atoms with Crippen molar-refractivity contribution in [2.75, 3.05) is 48.6 Å². The average Bonchev–Trinajstić information content (AvgIpc) is 2.22. The topological polar surface area (TPSA) is 39.7 Å². The Morgan fingerprint density at radius 2 is 1.21 bits per heavy atom. The molecule has 0 aliphatic rings. The van der Waals surface area contributed by atoms with Crippen LogP contribution in [0.5, 0.6) is 0 Å². The van der Waals surface area contributed by atoms with Gasteiger partial charge in [0.2, 0.25) is 0 Å². The fourth-order valence-corrected chi connectivity index (χ4v) is 0.556. The molecular formula is C10H27NO3. The lowest BCUT2D eigenvalue weighted by Gasteiger charge is -2.11. The highest BCUT2D eigenvalue weighted by molar-refractivity contribution is 4.51. The molecular weight excluding hydrogens is 182 g/mol. The van der Waals surface area contributed by atoms with E-state index in [0.29, 0.717) is 13.2 Å². The first kappa shape index (κ1) is 19.4. The molecule has 0 amide bonds. The van der Waals surface area contributed by atoms with Crippen molar-refractivity contribution in [1.29, 1.82) is 0 Å². The standard InChI is InChI=1S/C6H14O3.C2H7N.C2H6/c1-7-4-6(9-3)5-8-2;1-3-2;1-2/h6H,4-5H2,1-3H3;3H,1-2H3;1-2H3. The predicted octanol–water partition coefficient (Wildman–Crippen LogP) is 1.16. The van der Waals surface area contributed by atoms with E-state index in [0.717, 1.165) is 0 Å². The van der Waals surface area contributed by atoms with Crippen molar-refractivity contribution in [2.45, 2.75) is 20.0 Å². The number of ether oxygens (including phenoxy) is 3. The van der Waals surface area contributed by atoms with Crippen LogP contribution in [-0.2, 0) is 14.2 Å². The predicted molar refractivity (Wildman–Crippen MR) is 60.9 cm³/mol. The quantitative estimate of drug-likeness (QED) is 0.737. The minimum absolute atomic E-state index is 0.0694. The van der Waals surface area contributed by atoms with Crippen molar-refractivity contribution in [3.63, 3.8) is 0 Å². The van der Waals surface area contributed by atoms with Gasteiger partial charge in [-0.3, -0.25) is 0 Å². The van der Waals surface area contributed by atoms with Crippen LogP contribution in [0.15, 0.2) is 0 Å². The van der Waals surface area contributed by atoms with Crippen LogP contribution in [0.2, 0.25) is 0 Å². The lowest BCUT2D eigenvalue weighted by molar-refractivity contribution is -0.0178. The molecule has 0 fully saturated rings.